The minimum atomic E-state index is -0.192. The van der Waals surface area contributed by atoms with Crippen LogP contribution in [0.4, 0.5) is 10.5 Å². The molecule has 0 radical (unpaired) electrons. The zero-order chi connectivity index (χ0) is 16.4. The maximum atomic E-state index is 12.0. The SMILES string of the molecule is CCCCC(CC)CNC(=O)Nc1ccc(OC)c(OC)c1. The monoisotopic (exact) mass is 308 g/mol. The van der Waals surface area contributed by atoms with Gasteiger partial charge in [-0.25, -0.2) is 4.79 Å². The fourth-order valence-electron chi connectivity index (χ4n) is 2.27. The number of nitrogens with one attached hydrogen (secondary N) is 2. The van der Waals surface area contributed by atoms with Gasteiger partial charge < -0.3 is 20.1 Å². The van der Waals surface area contributed by atoms with Crippen molar-refractivity contribution in [3.05, 3.63) is 18.2 Å². The van der Waals surface area contributed by atoms with Crippen molar-refractivity contribution in [2.24, 2.45) is 5.92 Å². The number of hydrogen-bond donors (Lipinski definition) is 2. The molecule has 0 saturated heterocycles. The van der Waals surface area contributed by atoms with Crippen LogP contribution in [0.15, 0.2) is 18.2 Å². The Hall–Kier alpha value is -1.91. The first-order valence-corrected chi connectivity index (χ1v) is 7.91. The molecule has 1 aromatic carbocycles. The molecular weight excluding hydrogens is 280 g/mol. The van der Waals surface area contributed by atoms with Gasteiger partial charge in [0.2, 0.25) is 0 Å². The number of ether oxygens (including phenoxy) is 2. The Labute approximate surface area is 133 Å². The second kappa shape index (κ2) is 9.92. The molecule has 0 heterocycles. The molecule has 0 aliphatic carbocycles. The van der Waals surface area contributed by atoms with Gasteiger partial charge in [0, 0.05) is 18.3 Å². The first-order valence-electron chi connectivity index (χ1n) is 7.91. The number of urea groups is 1. The van der Waals surface area contributed by atoms with Crippen LogP contribution in [-0.4, -0.2) is 26.8 Å². The number of unbranched alkanes of at least 4 members (excludes halogenated alkanes) is 1. The fraction of sp³-hybridized carbons (Fsp3) is 0.588. The first kappa shape index (κ1) is 18.1. The predicted octanol–water partition coefficient (Wildman–Crippen LogP) is 4.04. The van der Waals surface area contributed by atoms with Crippen LogP contribution < -0.4 is 20.1 Å². The number of hydrogen-bond acceptors (Lipinski definition) is 3. The lowest BCUT2D eigenvalue weighted by Gasteiger charge is -2.16. The third kappa shape index (κ3) is 5.84. The van der Waals surface area contributed by atoms with E-state index in [1.54, 1.807) is 32.4 Å². The van der Waals surface area contributed by atoms with Gasteiger partial charge in [0.1, 0.15) is 0 Å². The van der Waals surface area contributed by atoms with Crippen molar-refractivity contribution in [2.75, 3.05) is 26.1 Å². The fourth-order valence-corrected chi connectivity index (χ4v) is 2.27. The van der Waals surface area contributed by atoms with Crippen molar-refractivity contribution < 1.29 is 14.3 Å². The molecule has 0 bridgehead atoms. The quantitative estimate of drug-likeness (QED) is 0.723. The van der Waals surface area contributed by atoms with E-state index in [4.69, 9.17) is 9.47 Å². The summed E-state index contributed by atoms with van der Waals surface area (Å²) in [5, 5.41) is 5.75. The summed E-state index contributed by atoms with van der Waals surface area (Å²) in [6, 6.07) is 5.11. The van der Waals surface area contributed by atoms with Gasteiger partial charge in [0.25, 0.3) is 0 Å². The van der Waals surface area contributed by atoms with E-state index in [0.29, 0.717) is 29.6 Å². The third-order valence-electron chi connectivity index (χ3n) is 3.74. The number of methoxy groups -OCH3 is 2. The van der Waals surface area contributed by atoms with Crippen LogP contribution in [-0.2, 0) is 0 Å². The van der Waals surface area contributed by atoms with Gasteiger partial charge in [-0.1, -0.05) is 33.1 Å². The maximum absolute atomic E-state index is 12.0. The lowest BCUT2D eigenvalue weighted by Crippen LogP contribution is -2.33. The van der Waals surface area contributed by atoms with Crippen LogP contribution in [0.2, 0.25) is 0 Å². The average molecular weight is 308 g/mol. The van der Waals surface area contributed by atoms with Crippen LogP contribution in [0.3, 0.4) is 0 Å². The van der Waals surface area contributed by atoms with Gasteiger partial charge in [-0.15, -0.1) is 0 Å². The zero-order valence-corrected chi connectivity index (χ0v) is 14.1. The summed E-state index contributed by atoms with van der Waals surface area (Å²) < 4.78 is 10.4. The number of carbonyl (C=O) groups is 1. The highest BCUT2D eigenvalue weighted by molar-refractivity contribution is 5.89. The van der Waals surface area contributed by atoms with Gasteiger partial charge in [0.05, 0.1) is 14.2 Å². The summed E-state index contributed by atoms with van der Waals surface area (Å²) in [6.07, 6.45) is 4.63. The number of benzene rings is 1. The van der Waals surface area contributed by atoms with Crippen molar-refractivity contribution in [3.8, 4) is 11.5 Å². The molecule has 22 heavy (non-hydrogen) atoms. The van der Waals surface area contributed by atoms with E-state index < -0.39 is 0 Å². The molecule has 0 spiro atoms. The summed E-state index contributed by atoms with van der Waals surface area (Å²) in [5.74, 6) is 1.77. The lowest BCUT2D eigenvalue weighted by atomic mass is 9.99. The highest BCUT2D eigenvalue weighted by Gasteiger charge is 2.10. The Balaban J connectivity index is 2.50. The van der Waals surface area contributed by atoms with Crippen LogP contribution >= 0.6 is 0 Å². The molecule has 124 valence electrons. The van der Waals surface area contributed by atoms with E-state index in [0.717, 1.165) is 12.8 Å². The summed E-state index contributed by atoms with van der Waals surface area (Å²) >= 11 is 0. The molecule has 2 amide bonds. The van der Waals surface area contributed by atoms with Crippen molar-refractivity contribution >= 4 is 11.7 Å². The molecule has 2 N–H and O–H groups in total. The van der Waals surface area contributed by atoms with Crippen LogP contribution in [0.5, 0.6) is 11.5 Å². The molecule has 5 heteroatoms. The molecule has 0 aliphatic rings. The topological polar surface area (TPSA) is 59.6 Å². The molecule has 1 atom stereocenters. The van der Waals surface area contributed by atoms with Crippen LogP contribution in [0.25, 0.3) is 0 Å². The summed E-state index contributed by atoms with van der Waals surface area (Å²) in [7, 11) is 3.15. The second-order valence-corrected chi connectivity index (χ2v) is 5.32. The second-order valence-electron chi connectivity index (χ2n) is 5.32. The highest BCUT2D eigenvalue weighted by atomic mass is 16.5. The lowest BCUT2D eigenvalue weighted by molar-refractivity contribution is 0.249. The Morgan fingerprint density at radius 1 is 1.18 bits per heavy atom. The Morgan fingerprint density at radius 3 is 2.50 bits per heavy atom. The largest absolute Gasteiger partial charge is 0.493 e. The van der Waals surface area contributed by atoms with Crippen LogP contribution in [0.1, 0.15) is 39.5 Å². The Morgan fingerprint density at radius 2 is 1.91 bits per heavy atom. The van der Waals surface area contributed by atoms with Crippen molar-refractivity contribution in [2.45, 2.75) is 39.5 Å². The van der Waals surface area contributed by atoms with E-state index in [9.17, 15) is 4.79 Å². The first-order chi connectivity index (χ1) is 10.6. The summed E-state index contributed by atoms with van der Waals surface area (Å²) in [6.45, 7) is 5.05. The minimum absolute atomic E-state index is 0.192. The molecule has 1 aromatic rings. The molecule has 5 nitrogen and oxygen atoms in total. The van der Waals surface area contributed by atoms with Gasteiger partial charge >= 0.3 is 6.03 Å². The molecule has 0 fully saturated rings. The third-order valence-corrected chi connectivity index (χ3v) is 3.74. The minimum Gasteiger partial charge on any atom is -0.493 e. The van der Waals surface area contributed by atoms with Crippen molar-refractivity contribution in [1.29, 1.82) is 0 Å². The number of amides is 2. The predicted molar refractivity (Wildman–Crippen MR) is 89.9 cm³/mol. The Kier molecular flexibility index (Phi) is 8.18. The van der Waals surface area contributed by atoms with Gasteiger partial charge in [0.15, 0.2) is 11.5 Å². The van der Waals surface area contributed by atoms with E-state index in [-0.39, 0.29) is 6.03 Å². The van der Waals surface area contributed by atoms with Gasteiger partial charge in [-0.2, -0.15) is 0 Å². The smallest absolute Gasteiger partial charge is 0.319 e. The van der Waals surface area contributed by atoms with Crippen molar-refractivity contribution in [1.82, 2.24) is 5.32 Å². The maximum Gasteiger partial charge on any atom is 0.319 e. The molecule has 1 unspecified atom stereocenters. The Bertz CT molecular complexity index is 463. The van der Waals surface area contributed by atoms with Gasteiger partial charge in [-0.3, -0.25) is 0 Å². The molecule has 0 saturated carbocycles. The standard InChI is InChI=1S/C17H28N2O3/c1-5-7-8-13(6-2)12-18-17(20)19-14-9-10-15(21-3)16(11-14)22-4/h9-11,13H,5-8,12H2,1-4H3,(H2,18,19,20). The molecule has 1 rings (SSSR count). The zero-order valence-electron chi connectivity index (χ0n) is 14.1. The van der Waals surface area contributed by atoms with Crippen molar-refractivity contribution in [3.63, 3.8) is 0 Å². The molecule has 0 aromatic heterocycles. The van der Waals surface area contributed by atoms with E-state index >= 15 is 0 Å². The van der Waals surface area contributed by atoms with E-state index in [1.807, 2.05) is 0 Å². The average Bonchev–Trinajstić information content (AvgIpc) is 2.54. The number of anilines is 1. The highest BCUT2D eigenvalue weighted by Crippen LogP contribution is 2.29. The molecular formula is C17H28N2O3. The van der Waals surface area contributed by atoms with Gasteiger partial charge in [-0.05, 0) is 24.5 Å². The summed E-state index contributed by atoms with van der Waals surface area (Å²) in [5.41, 5.74) is 0.678. The summed E-state index contributed by atoms with van der Waals surface area (Å²) in [4.78, 5) is 12.0. The number of carbonyl (C=O) groups excluding carboxylic acids is 1. The van der Waals surface area contributed by atoms with Crippen LogP contribution in [0, 0.1) is 5.92 Å². The number of rotatable bonds is 9. The van der Waals surface area contributed by atoms with E-state index in [2.05, 4.69) is 24.5 Å². The molecule has 0 aliphatic heterocycles. The van der Waals surface area contributed by atoms with E-state index in [1.165, 1.54) is 12.8 Å². The normalized spacial score (nSPS) is 11.6.